The maximum Gasteiger partial charge on any atom is 0.261 e. The molecule has 0 aliphatic heterocycles. The summed E-state index contributed by atoms with van der Waals surface area (Å²) < 4.78 is 22.4. The fraction of sp³-hybridized carbons (Fsp3) is 0.222. The number of nitrogens with zero attached hydrogens (tertiary/aromatic N) is 1. The zero-order valence-corrected chi connectivity index (χ0v) is 10.1. The van der Waals surface area contributed by atoms with Crippen LogP contribution in [0.25, 0.3) is 0 Å². The Balaban J connectivity index is 3.59. The van der Waals surface area contributed by atoms with Crippen LogP contribution in [0.4, 0.5) is 0 Å². The molecule has 3 nitrogen and oxygen atoms in total. The minimum Gasteiger partial charge on any atom is -0.207 e. The number of hydrogen-bond donors (Lipinski definition) is 0. The molecule has 0 spiro atoms. The number of rotatable bonds is 2. The molecular formula is C9H7Cl2NO2S. The van der Waals surface area contributed by atoms with E-state index in [0.717, 1.165) is 0 Å². The van der Waals surface area contributed by atoms with Crippen molar-refractivity contribution < 1.29 is 8.42 Å². The molecule has 0 atom stereocenters. The van der Waals surface area contributed by atoms with Gasteiger partial charge < -0.3 is 0 Å². The Morgan fingerprint density at radius 3 is 2.47 bits per heavy atom. The summed E-state index contributed by atoms with van der Waals surface area (Å²) in [4.78, 5) is -0.0485. The smallest absolute Gasteiger partial charge is 0.207 e. The first-order valence-electron chi connectivity index (χ1n) is 4.07. The van der Waals surface area contributed by atoms with E-state index < -0.39 is 9.05 Å². The van der Waals surface area contributed by atoms with E-state index in [4.69, 9.17) is 27.5 Å². The van der Waals surface area contributed by atoms with Gasteiger partial charge >= 0.3 is 0 Å². The highest BCUT2D eigenvalue weighted by atomic mass is 35.7. The molecule has 0 saturated carbocycles. The molecule has 0 heterocycles. The van der Waals surface area contributed by atoms with E-state index in [0.29, 0.717) is 12.0 Å². The van der Waals surface area contributed by atoms with Gasteiger partial charge in [0.05, 0.1) is 15.5 Å². The van der Waals surface area contributed by atoms with Gasteiger partial charge in [0.2, 0.25) is 0 Å². The fourth-order valence-electron chi connectivity index (χ4n) is 1.18. The van der Waals surface area contributed by atoms with E-state index in [9.17, 15) is 8.42 Å². The van der Waals surface area contributed by atoms with Gasteiger partial charge in [-0.3, -0.25) is 0 Å². The summed E-state index contributed by atoms with van der Waals surface area (Å²) in [7, 11) is 1.41. The van der Waals surface area contributed by atoms with E-state index in [1.54, 1.807) is 13.0 Å². The van der Waals surface area contributed by atoms with Crippen molar-refractivity contribution in [1.29, 1.82) is 5.26 Å². The zero-order chi connectivity index (χ0) is 11.6. The first kappa shape index (κ1) is 12.3. The van der Waals surface area contributed by atoms with Gasteiger partial charge in [-0.2, -0.15) is 5.26 Å². The average molecular weight is 264 g/mol. The quantitative estimate of drug-likeness (QED) is 0.771. The summed E-state index contributed by atoms with van der Waals surface area (Å²) in [6.07, 6.45) is 0.479. The van der Waals surface area contributed by atoms with Gasteiger partial charge in [-0.1, -0.05) is 18.5 Å². The van der Waals surface area contributed by atoms with Crippen LogP contribution in [0.5, 0.6) is 0 Å². The van der Waals surface area contributed by atoms with Crippen LogP contribution in [0.1, 0.15) is 18.1 Å². The van der Waals surface area contributed by atoms with E-state index in [2.05, 4.69) is 0 Å². The lowest BCUT2D eigenvalue weighted by Gasteiger charge is -2.06. The lowest BCUT2D eigenvalue weighted by Crippen LogP contribution is -1.98. The number of halogens is 2. The van der Waals surface area contributed by atoms with Crippen molar-refractivity contribution in [1.82, 2.24) is 0 Å². The molecule has 0 aromatic heterocycles. The predicted octanol–water partition coefficient (Wildman–Crippen LogP) is 2.70. The molecule has 0 N–H and O–H groups in total. The van der Waals surface area contributed by atoms with Gasteiger partial charge in [0.1, 0.15) is 6.07 Å². The topological polar surface area (TPSA) is 57.9 Å². The van der Waals surface area contributed by atoms with Gasteiger partial charge in [-0.25, -0.2) is 8.42 Å². The van der Waals surface area contributed by atoms with Crippen molar-refractivity contribution in [3.8, 4) is 6.07 Å². The van der Waals surface area contributed by atoms with Gasteiger partial charge in [0.15, 0.2) is 0 Å². The van der Waals surface area contributed by atoms with Gasteiger partial charge in [-0.05, 0) is 24.1 Å². The second-order valence-corrected chi connectivity index (χ2v) is 5.78. The van der Waals surface area contributed by atoms with Crippen molar-refractivity contribution in [2.75, 3.05) is 0 Å². The third-order valence-electron chi connectivity index (χ3n) is 1.91. The van der Waals surface area contributed by atoms with E-state index >= 15 is 0 Å². The molecule has 0 aliphatic carbocycles. The molecule has 1 aromatic rings. The fourth-order valence-corrected chi connectivity index (χ4v) is 2.62. The van der Waals surface area contributed by atoms with Gasteiger partial charge in [0, 0.05) is 10.7 Å². The Hall–Kier alpha value is -0.760. The lowest BCUT2D eigenvalue weighted by atomic mass is 10.1. The molecule has 6 heteroatoms. The standard InChI is InChI=1S/C9H7Cl2NO2S/c1-2-6-3-8(10)7(5-12)4-9(6)15(11,13)14/h3-4H,2H2,1H3. The van der Waals surface area contributed by atoms with Crippen molar-refractivity contribution in [2.45, 2.75) is 18.2 Å². The van der Waals surface area contributed by atoms with E-state index in [1.807, 2.05) is 0 Å². The summed E-state index contributed by atoms with van der Waals surface area (Å²) in [5.74, 6) is 0. The normalized spacial score (nSPS) is 11.1. The minimum absolute atomic E-state index is 0.0485. The Kier molecular flexibility index (Phi) is 3.61. The number of aryl methyl sites for hydroxylation is 1. The monoisotopic (exact) mass is 263 g/mol. The van der Waals surface area contributed by atoms with Crippen LogP contribution in [0.2, 0.25) is 5.02 Å². The molecule has 15 heavy (non-hydrogen) atoms. The average Bonchev–Trinajstić information content (AvgIpc) is 2.15. The second kappa shape index (κ2) is 4.40. The Morgan fingerprint density at radius 1 is 1.47 bits per heavy atom. The predicted molar refractivity (Wildman–Crippen MR) is 58.6 cm³/mol. The summed E-state index contributed by atoms with van der Waals surface area (Å²) in [6, 6.07) is 4.46. The van der Waals surface area contributed by atoms with Crippen LogP contribution < -0.4 is 0 Å². The van der Waals surface area contributed by atoms with E-state index in [-0.39, 0.29) is 15.5 Å². The number of benzene rings is 1. The van der Waals surface area contributed by atoms with Crippen LogP contribution in [0, 0.1) is 11.3 Å². The first-order valence-corrected chi connectivity index (χ1v) is 6.76. The third-order valence-corrected chi connectivity index (χ3v) is 3.63. The number of nitriles is 1. The Bertz CT molecular complexity index is 532. The highest BCUT2D eigenvalue weighted by Crippen LogP contribution is 2.27. The maximum atomic E-state index is 11.2. The molecule has 0 saturated heterocycles. The highest BCUT2D eigenvalue weighted by Gasteiger charge is 2.17. The zero-order valence-electron chi connectivity index (χ0n) is 7.79. The van der Waals surface area contributed by atoms with Crippen molar-refractivity contribution in [3.63, 3.8) is 0 Å². The van der Waals surface area contributed by atoms with Crippen LogP contribution in [0.3, 0.4) is 0 Å². The van der Waals surface area contributed by atoms with Crippen LogP contribution in [0.15, 0.2) is 17.0 Å². The third kappa shape index (κ3) is 2.63. The van der Waals surface area contributed by atoms with Crippen LogP contribution in [-0.2, 0) is 15.5 Å². The van der Waals surface area contributed by atoms with Crippen LogP contribution >= 0.6 is 22.3 Å². The molecule has 0 bridgehead atoms. The van der Waals surface area contributed by atoms with Crippen molar-refractivity contribution in [2.24, 2.45) is 0 Å². The minimum atomic E-state index is -3.83. The lowest BCUT2D eigenvalue weighted by molar-refractivity contribution is 0.608. The number of hydrogen-bond acceptors (Lipinski definition) is 3. The summed E-state index contributed by atoms with van der Waals surface area (Å²) in [5, 5.41) is 8.93. The molecule has 0 fully saturated rings. The first-order chi connectivity index (χ1) is 6.90. The molecule has 0 aliphatic rings. The largest absolute Gasteiger partial charge is 0.261 e. The van der Waals surface area contributed by atoms with Crippen molar-refractivity contribution in [3.05, 3.63) is 28.3 Å². The Labute approximate surface area is 97.7 Å². The molecule has 0 amide bonds. The van der Waals surface area contributed by atoms with Gasteiger partial charge in [0.25, 0.3) is 9.05 Å². The summed E-state index contributed by atoms with van der Waals surface area (Å²) in [6.45, 7) is 1.78. The van der Waals surface area contributed by atoms with Crippen LogP contribution in [-0.4, -0.2) is 8.42 Å². The molecule has 0 unspecified atom stereocenters. The maximum absolute atomic E-state index is 11.2. The molecule has 1 aromatic carbocycles. The SMILES string of the molecule is CCc1cc(Cl)c(C#N)cc1S(=O)(=O)Cl. The summed E-state index contributed by atoms with van der Waals surface area (Å²) in [5.41, 5.74) is 0.613. The second-order valence-electron chi connectivity index (χ2n) is 2.84. The Morgan fingerprint density at radius 2 is 2.07 bits per heavy atom. The molecule has 80 valence electrons. The van der Waals surface area contributed by atoms with Crippen molar-refractivity contribution >= 4 is 31.3 Å². The molecular weight excluding hydrogens is 257 g/mol. The highest BCUT2D eigenvalue weighted by molar-refractivity contribution is 8.13. The van der Waals surface area contributed by atoms with E-state index in [1.165, 1.54) is 12.1 Å². The molecule has 1 rings (SSSR count). The molecule has 0 radical (unpaired) electrons. The summed E-state index contributed by atoms with van der Waals surface area (Å²) >= 11 is 5.77. The van der Waals surface area contributed by atoms with Gasteiger partial charge in [-0.15, -0.1) is 0 Å².